The van der Waals surface area contributed by atoms with Crippen LogP contribution in [-0.2, 0) is 20.8 Å². The summed E-state index contributed by atoms with van der Waals surface area (Å²) >= 11 is -0.826. The molecule has 1 N–H and O–H groups in total. The molecule has 0 saturated heterocycles. The monoisotopic (exact) mass is 403 g/mol. The molecule has 0 amide bonds. The van der Waals surface area contributed by atoms with Gasteiger partial charge in [-0.05, 0) is 50.2 Å². The SMILES string of the molecule is Cc1cccc(C=NC23CCCC(CC2)C3)c1O.[Cl][Zr][Cl]. The summed E-state index contributed by atoms with van der Waals surface area (Å²) in [6.07, 6.45) is 9.69. The van der Waals surface area contributed by atoms with Gasteiger partial charge >= 0.3 is 37.9 Å². The summed E-state index contributed by atoms with van der Waals surface area (Å²) in [5.41, 5.74) is 1.97. The molecule has 2 aliphatic rings. The first-order chi connectivity index (χ1) is 10.1. The number of phenols is 1. The maximum absolute atomic E-state index is 10.0. The number of phenolic OH excluding ortho intramolecular Hbond substituents is 1. The molecule has 2 nitrogen and oxygen atoms in total. The van der Waals surface area contributed by atoms with Crippen LogP contribution in [0.1, 0.15) is 49.7 Å². The number of nitrogens with zero attached hydrogens (tertiary/aromatic N) is 1. The van der Waals surface area contributed by atoms with Gasteiger partial charge in [-0.15, -0.1) is 0 Å². The van der Waals surface area contributed by atoms with Crippen molar-refractivity contribution in [1.82, 2.24) is 0 Å². The third-order valence-corrected chi connectivity index (χ3v) is 4.69. The molecule has 0 heterocycles. The molecule has 1 aromatic carbocycles. The van der Waals surface area contributed by atoms with E-state index in [-0.39, 0.29) is 5.54 Å². The summed E-state index contributed by atoms with van der Waals surface area (Å²) in [6.45, 7) is 1.93. The molecule has 5 heteroatoms. The molecule has 2 fully saturated rings. The summed E-state index contributed by atoms with van der Waals surface area (Å²) in [7, 11) is 9.87. The van der Waals surface area contributed by atoms with Gasteiger partial charge in [0.2, 0.25) is 0 Å². The molecule has 2 bridgehead atoms. The number of hydrogen-bond donors (Lipinski definition) is 1. The average Bonchev–Trinajstić information content (AvgIpc) is 2.77. The van der Waals surface area contributed by atoms with Gasteiger partial charge in [-0.3, -0.25) is 4.99 Å². The van der Waals surface area contributed by atoms with E-state index in [1.165, 1.54) is 38.5 Å². The van der Waals surface area contributed by atoms with Crippen LogP contribution in [0.4, 0.5) is 0 Å². The number of aliphatic imine (C=N–C) groups is 1. The number of hydrogen-bond acceptors (Lipinski definition) is 2. The second-order valence-electron chi connectivity index (χ2n) is 6.07. The quantitative estimate of drug-likeness (QED) is 0.673. The van der Waals surface area contributed by atoms with E-state index in [1.54, 1.807) is 0 Å². The van der Waals surface area contributed by atoms with Crippen LogP contribution in [-0.4, -0.2) is 16.9 Å². The molecule has 2 unspecified atom stereocenters. The van der Waals surface area contributed by atoms with Crippen LogP contribution in [0.25, 0.3) is 0 Å². The number of fused-ring (bicyclic) bond motifs is 2. The van der Waals surface area contributed by atoms with Gasteiger partial charge in [0.25, 0.3) is 0 Å². The summed E-state index contributed by atoms with van der Waals surface area (Å²) in [5.74, 6) is 1.28. The molecule has 3 rings (SSSR count). The van der Waals surface area contributed by atoms with Crippen molar-refractivity contribution in [2.24, 2.45) is 10.9 Å². The number of aromatic hydroxyl groups is 1. The van der Waals surface area contributed by atoms with Crippen molar-refractivity contribution in [2.75, 3.05) is 0 Å². The van der Waals surface area contributed by atoms with E-state index in [9.17, 15) is 5.11 Å². The standard InChI is InChI=1S/C16H21NO.2ClH.Zr/c1-12-4-2-6-14(15(12)18)11-17-16-8-3-5-13(10-16)7-9-16;;;/h2,4,6,11,13,18H,3,5,7-10H2,1H3;2*1H;/q;;;+2/p-2. The Bertz CT molecular complexity index is 505. The zero-order valence-corrected chi connectivity index (χ0v) is 16.2. The summed E-state index contributed by atoms with van der Waals surface area (Å²) in [5, 5.41) is 10.0. The Morgan fingerprint density at radius 1 is 1.33 bits per heavy atom. The van der Waals surface area contributed by atoms with Gasteiger partial charge in [0, 0.05) is 11.8 Å². The molecule has 21 heavy (non-hydrogen) atoms. The third-order valence-electron chi connectivity index (χ3n) is 4.69. The Balaban J connectivity index is 0.000000497. The van der Waals surface area contributed by atoms with Crippen molar-refractivity contribution in [3.63, 3.8) is 0 Å². The van der Waals surface area contributed by atoms with Crippen molar-refractivity contribution in [3.05, 3.63) is 29.3 Å². The number of aryl methyl sites for hydroxylation is 1. The Kier molecular flexibility index (Phi) is 6.78. The van der Waals surface area contributed by atoms with Crippen molar-refractivity contribution >= 4 is 23.2 Å². The van der Waals surface area contributed by atoms with Gasteiger partial charge in [-0.2, -0.15) is 0 Å². The predicted molar refractivity (Wildman–Crippen MR) is 86.1 cm³/mol. The van der Waals surface area contributed by atoms with Gasteiger partial charge in [0.15, 0.2) is 0 Å². The minimum atomic E-state index is -0.826. The fraction of sp³-hybridized carbons (Fsp3) is 0.562. The van der Waals surface area contributed by atoms with Crippen molar-refractivity contribution in [2.45, 2.75) is 51.0 Å². The van der Waals surface area contributed by atoms with E-state index >= 15 is 0 Å². The van der Waals surface area contributed by atoms with Crippen LogP contribution in [0.3, 0.4) is 0 Å². The Morgan fingerprint density at radius 3 is 2.86 bits per heavy atom. The molecular weight excluding hydrogens is 384 g/mol. The van der Waals surface area contributed by atoms with E-state index in [2.05, 4.69) is 0 Å². The maximum atomic E-state index is 10.0. The van der Waals surface area contributed by atoms with Crippen molar-refractivity contribution in [3.8, 4) is 5.75 Å². The van der Waals surface area contributed by atoms with Gasteiger partial charge < -0.3 is 5.11 Å². The topological polar surface area (TPSA) is 32.6 Å². The Hall–Kier alpha value is 0.153. The number of halogens is 2. The van der Waals surface area contributed by atoms with Crippen molar-refractivity contribution in [1.29, 1.82) is 0 Å². The molecule has 2 atom stereocenters. The normalized spacial score (nSPS) is 27.3. The van der Waals surface area contributed by atoms with Gasteiger partial charge in [-0.1, -0.05) is 25.0 Å². The third kappa shape index (κ3) is 4.56. The van der Waals surface area contributed by atoms with Gasteiger partial charge in [-0.25, -0.2) is 0 Å². The van der Waals surface area contributed by atoms with Crippen LogP contribution in [0.2, 0.25) is 0 Å². The Labute approximate surface area is 145 Å². The zero-order valence-electron chi connectivity index (χ0n) is 12.3. The van der Waals surface area contributed by atoms with E-state index < -0.39 is 20.8 Å². The fourth-order valence-corrected chi connectivity index (χ4v) is 3.58. The number of benzene rings is 1. The molecule has 0 aliphatic heterocycles. The first-order valence-electron chi connectivity index (χ1n) is 7.40. The first kappa shape index (κ1) is 17.5. The second-order valence-corrected chi connectivity index (χ2v) is 9.80. The molecule has 2 aliphatic carbocycles. The molecule has 1 aromatic rings. The zero-order chi connectivity index (χ0) is 15.3. The summed E-state index contributed by atoms with van der Waals surface area (Å²) < 4.78 is 0. The summed E-state index contributed by atoms with van der Waals surface area (Å²) in [6, 6.07) is 5.85. The molecule has 0 spiro atoms. The fourth-order valence-electron chi connectivity index (χ4n) is 3.58. The van der Waals surface area contributed by atoms with E-state index in [0.717, 1.165) is 17.0 Å². The van der Waals surface area contributed by atoms with Crippen LogP contribution in [0, 0.1) is 12.8 Å². The van der Waals surface area contributed by atoms with Crippen LogP contribution in [0.5, 0.6) is 5.75 Å². The second kappa shape index (κ2) is 8.13. The average molecular weight is 405 g/mol. The number of rotatable bonds is 2. The molecule has 114 valence electrons. The van der Waals surface area contributed by atoms with E-state index in [4.69, 9.17) is 22.0 Å². The molecule has 0 radical (unpaired) electrons. The van der Waals surface area contributed by atoms with Crippen molar-refractivity contribution < 1.29 is 26.0 Å². The van der Waals surface area contributed by atoms with Crippen LogP contribution >= 0.6 is 17.0 Å². The molecular formula is C16H21Cl2NOZr. The van der Waals surface area contributed by atoms with Gasteiger partial charge in [0.05, 0.1) is 5.54 Å². The van der Waals surface area contributed by atoms with Gasteiger partial charge in [0.1, 0.15) is 5.75 Å². The molecule has 0 aromatic heterocycles. The summed E-state index contributed by atoms with van der Waals surface area (Å²) in [4.78, 5) is 4.86. The minimum absolute atomic E-state index is 0.194. The molecule has 2 saturated carbocycles. The van der Waals surface area contributed by atoms with E-state index in [0.29, 0.717) is 5.75 Å². The first-order valence-corrected chi connectivity index (χ1v) is 13.7. The van der Waals surface area contributed by atoms with Crippen LogP contribution in [0.15, 0.2) is 23.2 Å². The Morgan fingerprint density at radius 2 is 2.10 bits per heavy atom. The predicted octanol–water partition coefficient (Wildman–Crippen LogP) is 5.22. The number of para-hydroxylation sites is 1. The van der Waals surface area contributed by atoms with Crippen LogP contribution < -0.4 is 0 Å². The van der Waals surface area contributed by atoms with E-state index in [1.807, 2.05) is 31.3 Å².